The molecule has 0 radical (unpaired) electrons. The minimum absolute atomic E-state index is 0.0780. The lowest BCUT2D eigenvalue weighted by atomic mass is 10.2. The second kappa shape index (κ2) is 9.35. The number of nitrogens with zero attached hydrogens (tertiary/aromatic N) is 3. The van der Waals surface area contributed by atoms with Crippen molar-refractivity contribution < 1.29 is 18.7 Å². The molecular weight excluding hydrogens is 393 g/mol. The number of hydrogen-bond donors (Lipinski definition) is 0. The fourth-order valence-corrected chi connectivity index (χ4v) is 4.13. The van der Waals surface area contributed by atoms with Gasteiger partial charge in [-0.1, -0.05) is 13.8 Å². The number of aromatic nitrogens is 1. The zero-order chi connectivity index (χ0) is 21.0. The number of hydrogen-bond acceptors (Lipinski definition) is 5. The van der Waals surface area contributed by atoms with Crippen molar-refractivity contribution in [1.29, 1.82) is 0 Å². The number of ether oxygens (including phenoxy) is 1. The van der Waals surface area contributed by atoms with Gasteiger partial charge in [0.15, 0.2) is 0 Å². The largest absolute Gasteiger partial charge is 0.449 e. The van der Waals surface area contributed by atoms with Crippen molar-refractivity contribution in [2.24, 2.45) is 5.92 Å². The maximum Gasteiger partial charge on any atom is 0.409 e. The first kappa shape index (κ1) is 21.2. The molecule has 2 amide bonds. The maximum absolute atomic E-state index is 13.2. The summed E-state index contributed by atoms with van der Waals surface area (Å²) < 4.78 is 18.5. The van der Waals surface area contributed by atoms with Gasteiger partial charge < -0.3 is 14.5 Å². The first-order valence-electron chi connectivity index (χ1n) is 9.79. The Morgan fingerprint density at radius 1 is 1.14 bits per heavy atom. The summed E-state index contributed by atoms with van der Waals surface area (Å²) in [5.41, 5.74) is 1.45. The highest BCUT2D eigenvalue weighted by Crippen LogP contribution is 2.29. The molecule has 1 aromatic carbocycles. The fourth-order valence-electron chi connectivity index (χ4n) is 3.09. The van der Waals surface area contributed by atoms with Gasteiger partial charge >= 0.3 is 6.09 Å². The summed E-state index contributed by atoms with van der Waals surface area (Å²) in [6.07, 6.45) is 0.381. The van der Waals surface area contributed by atoms with Crippen LogP contribution in [-0.2, 0) is 4.74 Å². The van der Waals surface area contributed by atoms with Crippen LogP contribution in [0.4, 0.5) is 9.18 Å². The molecule has 0 spiro atoms. The van der Waals surface area contributed by atoms with Gasteiger partial charge in [0.2, 0.25) is 0 Å². The van der Waals surface area contributed by atoms with E-state index in [2.05, 4.69) is 4.98 Å². The summed E-state index contributed by atoms with van der Waals surface area (Å²) in [4.78, 5) is 33.8. The number of benzene rings is 1. The van der Waals surface area contributed by atoms with E-state index in [0.717, 1.165) is 5.56 Å². The lowest BCUT2D eigenvalue weighted by Gasteiger charge is -2.22. The molecule has 1 aliphatic rings. The normalized spacial score (nSPS) is 14.8. The Labute approximate surface area is 174 Å². The minimum Gasteiger partial charge on any atom is -0.449 e. The Balaban J connectivity index is 1.66. The molecule has 0 bridgehead atoms. The number of rotatable bonds is 4. The molecule has 1 fully saturated rings. The molecule has 8 heteroatoms. The van der Waals surface area contributed by atoms with E-state index in [9.17, 15) is 14.0 Å². The lowest BCUT2D eigenvalue weighted by Crippen LogP contribution is -2.37. The fraction of sp³-hybridized carbons (Fsp3) is 0.476. The van der Waals surface area contributed by atoms with Crippen LogP contribution in [0.3, 0.4) is 0 Å². The van der Waals surface area contributed by atoms with Gasteiger partial charge in [-0.05, 0) is 43.5 Å². The monoisotopic (exact) mass is 419 g/mol. The number of halogens is 1. The third-order valence-corrected chi connectivity index (χ3v) is 5.86. The summed E-state index contributed by atoms with van der Waals surface area (Å²) in [6, 6.07) is 6.09. The van der Waals surface area contributed by atoms with Gasteiger partial charge in [-0.3, -0.25) is 4.79 Å². The van der Waals surface area contributed by atoms with Crippen LogP contribution in [0.15, 0.2) is 24.3 Å². The van der Waals surface area contributed by atoms with Crippen LogP contribution in [0.25, 0.3) is 10.6 Å². The first-order chi connectivity index (χ1) is 13.8. The highest BCUT2D eigenvalue weighted by Gasteiger charge is 2.26. The molecule has 1 aromatic heterocycles. The van der Waals surface area contributed by atoms with E-state index in [-0.39, 0.29) is 23.7 Å². The van der Waals surface area contributed by atoms with Gasteiger partial charge in [0.05, 0.1) is 12.3 Å². The van der Waals surface area contributed by atoms with Crippen LogP contribution in [0.5, 0.6) is 0 Å². The molecule has 6 nitrogen and oxygen atoms in total. The van der Waals surface area contributed by atoms with Crippen molar-refractivity contribution >= 4 is 23.3 Å². The highest BCUT2D eigenvalue weighted by molar-refractivity contribution is 7.17. The van der Waals surface area contributed by atoms with Crippen molar-refractivity contribution in [3.63, 3.8) is 0 Å². The number of aryl methyl sites for hydroxylation is 1. The Kier molecular flexibility index (Phi) is 6.84. The quantitative estimate of drug-likeness (QED) is 0.745. The third-order valence-electron chi connectivity index (χ3n) is 4.66. The molecule has 0 N–H and O–H groups in total. The Morgan fingerprint density at radius 2 is 1.79 bits per heavy atom. The summed E-state index contributed by atoms with van der Waals surface area (Å²) in [7, 11) is 0. The van der Waals surface area contributed by atoms with Gasteiger partial charge in [0.1, 0.15) is 15.7 Å². The minimum atomic E-state index is -0.319. The van der Waals surface area contributed by atoms with E-state index in [1.54, 1.807) is 21.9 Å². The van der Waals surface area contributed by atoms with Crippen molar-refractivity contribution in [2.45, 2.75) is 27.2 Å². The van der Waals surface area contributed by atoms with Crippen molar-refractivity contribution in [3.05, 3.63) is 40.7 Å². The van der Waals surface area contributed by atoms with E-state index < -0.39 is 0 Å². The van der Waals surface area contributed by atoms with Crippen LogP contribution in [-0.4, -0.2) is 59.6 Å². The van der Waals surface area contributed by atoms with Gasteiger partial charge in [0, 0.05) is 31.7 Å². The molecule has 0 atom stereocenters. The van der Waals surface area contributed by atoms with Crippen LogP contribution in [0.1, 0.15) is 35.6 Å². The zero-order valence-electron chi connectivity index (χ0n) is 17.0. The number of carbonyl (C=O) groups is 2. The van der Waals surface area contributed by atoms with E-state index in [4.69, 9.17) is 4.74 Å². The van der Waals surface area contributed by atoms with E-state index in [0.29, 0.717) is 54.8 Å². The smallest absolute Gasteiger partial charge is 0.409 e. The third kappa shape index (κ3) is 5.32. The average Bonchev–Trinajstić information content (AvgIpc) is 2.91. The van der Waals surface area contributed by atoms with Gasteiger partial charge in [-0.2, -0.15) is 0 Å². The standard InChI is InChI=1S/C21H26FN3O3S/c1-14(2)13-28-21(27)25-10-4-9-24(11-12-25)20(26)18-15(3)23-19(29-18)16-5-7-17(22)8-6-16/h5-8,14H,4,9-13H2,1-3H3. The first-order valence-corrected chi connectivity index (χ1v) is 10.6. The molecule has 0 saturated carbocycles. The van der Waals surface area contributed by atoms with Gasteiger partial charge in [0.25, 0.3) is 5.91 Å². The zero-order valence-corrected chi connectivity index (χ0v) is 17.8. The Morgan fingerprint density at radius 3 is 2.48 bits per heavy atom. The second-order valence-corrected chi connectivity index (χ2v) is 8.54. The highest BCUT2D eigenvalue weighted by atomic mass is 32.1. The molecule has 1 aliphatic heterocycles. The molecule has 2 heterocycles. The molecule has 2 aromatic rings. The molecular formula is C21H26FN3O3S. The molecule has 3 rings (SSSR count). The van der Waals surface area contributed by atoms with Crippen molar-refractivity contribution in [1.82, 2.24) is 14.8 Å². The molecule has 1 saturated heterocycles. The summed E-state index contributed by atoms with van der Waals surface area (Å²) >= 11 is 1.32. The molecule has 0 aliphatic carbocycles. The summed E-state index contributed by atoms with van der Waals surface area (Å²) in [5.74, 6) is -0.0984. The van der Waals surface area contributed by atoms with E-state index >= 15 is 0 Å². The Bertz CT molecular complexity index is 867. The summed E-state index contributed by atoms with van der Waals surface area (Å²) in [6.45, 7) is 8.25. The molecule has 29 heavy (non-hydrogen) atoms. The summed E-state index contributed by atoms with van der Waals surface area (Å²) in [5, 5.41) is 0.694. The maximum atomic E-state index is 13.2. The number of carbonyl (C=O) groups excluding carboxylic acids is 2. The number of amides is 2. The number of thiazole rings is 1. The van der Waals surface area contributed by atoms with E-state index in [1.165, 1.54) is 23.5 Å². The molecule has 156 valence electrons. The Hall–Kier alpha value is -2.48. The SMILES string of the molecule is Cc1nc(-c2ccc(F)cc2)sc1C(=O)N1CCCN(C(=O)OCC(C)C)CC1. The molecule has 0 unspecified atom stereocenters. The average molecular weight is 420 g/mol. The van der Waals surface area contributed by atoms with Crippen LogP contribution >= 0.6 is 11.3 Å². The van der Waals surface area contributed by atoms with E-state index in [1.807, 2.05) is 20.8 Å². The van der Waals surface area contributed by atoms with Crippen molar-refractivity contribution in [2.75, 3.05) is 32.8 Å². The van der Waals surface area contributed by atoms with Crippen molar-refractivity contribution in [3.8, 4) is 10.6 Å². The topological polar surface area (TPSA) is 62.7 Å². The second-order valence-electron chi connectivity index (χ2n) is 7.54. The van der Waals surface area contributed by atoms with Gasteiger partial charge in [-0.25, -0.2) is 14.2 Å². The predicted octanol–water partition coefficient (Wildman–Crippen LogP) is 4.20. The van der Waals surface area contributed by atoms with Gasteiger partial charge in [-0.15, -0.1) is 11.3 Å². The van der Waals surface area contributed by atoms with Crippen LogP contribution < -0.4 is 0 Å². The van der Waals surface area contributed by atoms with Crippen LogP contribution in [0, 0.1) is 18.7 Å². The predicted molar refractivity (Wildman–Crippen MR) is 111 cm³/mol. The van der Waals surface area contributed by atoms with Crippen LogP contribution in [0.2, 0.25) is 0 Å². The lowest BCUT2D eigenvalue weighted by molar-refractivity contribution is 0.0750.